The number of ether oxygens (including phenoxy) is 3. The number of benzene rings is 1. The number of hydrogen-bond acceptors (Lipinski definition) is 7. The summed E-state index contributed by atoms with van der Waals surface area (Å²) >= 11 is 12.3. The van der Waals surface area contributed by atoms with E-state index >= 15 is 0 Å². The predicted molar refractivity (Wildman–Crippen MR) is 119 cm³/mol. The van der Waals surface area contributed by atoms with E-state index in [0.29, 0.717) is 24.4 Å². The third-order valence-corrected chi connectivity index (χ3v) is 4.97. The van der Waals surface area contributed by atoms with Crippen LogP contribution in [-0.2, 0) is 11.2 Å². The van der Waals surface area contributed by atoms with E-state index in [9.17, 15) is 9.59 Å². The maximum absolute atomic E-state index is 13.1. The molecule has 0 aliphatic heterocycles. The van der Waals surface area contributed by atoms with Crippen molar-refractivity contribution in [2.75, 3.05) is 48.0 Å². The van der Waals surface area contributed by atoms with Crippen LogP contribution in [0.4, 0.5) is 0 Å². The number of nitrogens with one attached hydrogen (secondary N) is 1. The lowest BCUT2D eigenvalue weighted by Crippen LogP contribution is -2.34. The molecule has 0 saturated heterocycles. The van der Waals surface area contributed by atoms with Gasteiger partial charge in [0.25, 0.3) is 5.91 Å². The smallest absolute Gasteiger partial charge is 0.257 e. The number of carbonyl (C=O) groups excluding carboxylic acids is 2. The van der Waals surface area contributed by atoms with E-state index in [1.807, 2.05) is 19.0 Å². The van der Waals surface area contributed by atoms with Gasteiger partial charge in [0.05, 0.1) is 29.8 Å². The molecule has 1 amide bonds. The van der Waals surface area contributed by atoms with Crippen LogP contribution in [0.25, 0.3) is 0 Å². The van der Waals surface area contributed by atoms with Crippen molar-refractivity contribution in [2.24, 2.45) is 0 Å². The van der Waals surface area contributed by atoms with Gasteiger partial charge in [-0.25, -0.2) is 0 Å². The van der Waals surface area contributed by atoms with Crippen molar-refractivity contribution in [3.63, 3.8) is 0 Å². The van der Waals surface area contributed by atoms with Gasteiger partial charge in [-0.3, -0.25) is 14.6 Å². The van der Waals surface area contributed by atoms with Gasteiger partial charge in [-0.1, -0.05) is 23.2 Å². The summed E-state index contributed by atoms with van der Waals surface area (Å²) in [6, 6.07) is 3.14. The minimum absolute atomic E-state index is 0.0823. The van der Waals surface area contributed by atoms with Crippen LogP contribution in [0.1, 0.15) is 15.9 Å². The third kappa shape index (κ3) is 6.72. The number of amides is 1. The van der Waals surface area contributed by atoms with Crippen molar-refractivity contribution in [3.05, 3.63) is 45.7 Å². The van der Waals surface area contributed by atoms with E-state index in [-0.39, 0.29) is 51.8 Å². The molecule has 1 heterocycles. The summed E-state index contributed by atoms with van der Waals surface area (Å²) in [6.07, 6.45) is 2.75. The highest BCUT2D eigenvalue weighted by Crippen LogP contribution is 2.40. The van der Waals surface area contributed by atoms with E-state index < -0.39 is 0 Å². The molecule has 0 aliphatic carbocycles. The van der Waals surface area contributed by atoms with Crippen LogP contribution in [0, 0.1) is 0 Å². The lowest BCUT2D eigenvalue weighted by Gasteiger charge is -2.17. The molecule has 1 aromatic heterocycles. The second kappa shape index (κ2) is 11.7. The molecular formula is C21H25Cl2N3O5. The van der Waals surface area contributed by atoms with Crippen LogP contribution in [0.5, 0.6) is 17.2 Å². The van der Waals surface area contributed by atoms with Gasteiger partial charge in [0.2, 0.25) is 5.75 Å². The zero-order chi connectivity index (χ0) is 23.0. The van der Waals surface area contributed by atoms with Crippen LogP contribution >= 0.6 is 23.2 Å². The Morgan fingerprint density at radius 2 is 1.74 bits per heavy atom. The number of methoxy groups -OCH3 is 2. The SMILES string of the molecule is COc1ccc(C(=O)Cc2c(Cl)cncc2Cl)c(OCC(=O)NCCN(C)C)c1OC. The summed E-state index contributed by atoms with van der Waals surface area (Å²) in [5, 5.41) is 3.31. The van der Waals surface area contributed by atoms with Gasteiger partial charge in [0.15, 0.2) is 23.9 Å². The summed E-state index contributed by atoms with van der Waals surface area (Å²) in [5.41, 5.74) is 0.660. The van der Waals surface area contributed by atoms with Gasteiger partial charge >= 0.3 is 0 Å². The van der Waals surface area contributed by atoms with Gasteiger partial charge < -0.3 is 24.4 Å². The Hall–Kier alpha value is -2.55. The van der Waals surface area contributed by atoms with E-state index in [4.69, 9.17) is 37.4 Å². The standard InChI is InChI=1S/C21H25Cl2N3O5/c1-26(2)8-7-25-19(28)12-31-20-13(5-6-18(29-3)21(20)30-4)17(27)9-14-15(22)10-24-11-16(14)23/h5-6,10-11H,7-9,12H2,1-4H3,(H,25,28). The maximum atomic E-state index is 13.1. The number of Topliss-reactive ketones (excluding diaryl/α,β-unsaturated/α-hetero) is 1. The third-order valence-electron chi connectivity index (χ3n) is 4.32. The normalized spacial score (nSPS) is 10.7. The highest BCUT2D eigenvalue weighted by molar-refractivity contribution is 6.36. The van der Waals surface area contributed by atoms with Crippen LogP contribution in [0.15, 0.2) is 24.5 Å². The molecule has 0 atom stereocenters. The number of halogens is 2. The number of aromatic nitrogens is 1. The Morgan fingerprint density at radius 1 is 1.06 bits per heavy atom. The summed E-state index contributed by atoms with van der Waals surface area (Å²) < 4.78 is 16.4. The van der Waals surface area contributed by atoms with E-state index in [1.54, 1.807) is 12.1 Å². The summed E-state index contributed by atoms with van der Waals surface area (Å²) in [4.78, 5) is 31.1. The second-order valence-corrected chi connectivity index (χ2v) is 7.62. The summed E-state index contributed by atoms with van der Waals surface area (Å²) in [7, 11) is 6.70. The highest BCUT2D eigenvalue weighted by Gasteiger charge is 2.23. The van der Waals surface area contributed by atoms with Gasteiger partial charge in [0.1, 0.15) is 0 Å². The van der Waals surface area contributed by atoms with E-state index in [2.05, 4.69) is 10.3 Å². The molecule has 1 aromatic carbocycles. The fourth-order valence-electron chi connectivity index (χ4n) is 2.73. The molecule has 0 aliphatic rings. The van der Waals surface area contributed by atoms with Gasteiger partial charge in [0, 0.05) is 37.5 Å². The molecule has 1 N–H and O–H groups in total. The number of carbonyl (C=O) groups is 2. The first-order chi connectivity index (χ1) is 14.8. The Bertz CT molecular complexity index is 917. The molecule has 0 unspecified atom stereocenters. The lowest BCUT2D eigenvalue weighted by molar-refractivity contribution is -0.123. The number of pyridine rings is 1. The van der Waals surface area contributed by atoms with Gasteiger partial charge in [-0.15, -0.1) is 0 Å². The molecule has 2 aromatic rings. The largest absolute Gasteiger partial charge is 0.493 e. The molecule has 0 bridgehead atoms. The highest BCUT2D eigenvalue weighted by atomic mass is 35.5. The van der Waals surface area contributed by atoms with Gasteiger partial charge in [-0.05, 0) is 26.2 Å². The first kappa shape index (κ1) is 24.7. The van der Waals surface area contributed by atoms with Crippen molar-refractivity contribution >= 4 is 34.9 Å². The lowest BCUT2D eigenvalue weighted by atomic mass is 10.0. The molecule has 8 nitrogen and oxygen atoms in total. The topological polar surface area (TPSA) is 90.0 Å². The zero-order valence-electron chi connectivity index (χ0n) is 17.8. The number of hydrogen-bond donors (Lipinski definition) is 1. The van der Waals surface area contributed by atoms with Crippen LogP contribution < -0.4 is 19.5 Å². The maximum Gasteiger partial charge on any atom is 0.257 e. The predicted octanol–water partition coefficient (Wildman–Crippen LogP) is 2.89. The van der Waals surface area contributed by atoms with Gasteiger partial charge in [-0.2, -0.15) is 0 Å². The Morgan fingerprint density at radius 3 is 2.32 bits per heavy atom. The van der Waals surface area contributed by atoms with Crippen molar-refractivity contribution in [3.8, 4) is 17.2 Å². The van der Waals surface area contributed by atoms with Crippen LogP contribution in [0.2, 0.25) is 10.0 Å². The number of rotatable bonds is 11. The quantitative estimate of drug-likeness (QED) is 0.505. The molecule has 0 spiro atoms. The molecule has 31 heavy (non-hydrogen) atoms. The van der Waals surface area contributed by atoms with E-state index in [0.717, 1.165) is 0 Å². The molecule has 10 heteroatoms. The Balaban J connectivity index is 2.28. The second-order valence-electron chi connectivity index (χ2n) is 6.80. The van der Waals surface area contributed by atoms with E-state index in [1.165, 1.54) is 26.6 Å². The average molecular weight is 470 g/mol. The van der Waals surface area contributed by atoms with Crippen molar-refractivity contribution < 1.29 is 23.8 Å². The summed E-state index contributed by atoms with van der Waals surface area (Å²) in [5.74, 6) is 0.0311. The van der Waals surface area contributed by atoms with Crippen molar-refractivity contribution in [1.29, 1.82) is 0 Å². The Labute approximate surface area is 191 Å². The minimum Gasteiger partial charge on any atom is -0.493 e. The molecule has 0 saturated carbocycles. The average Bonchev–Trinajstić information content (AvgIpc) is 2.73. The number of likely N-dealkylation sites (N-methyl/N-ethyl adjacent to an activating group) is 1. The molecule has 2 rings (SSSR count). The van der Waals surface area contributed by atoms with Crippen LogP contribution in [0.3, 0.4) is 0 Å². The number of ketones is 1. The van der Waals surface area contributed by atoms with Crippen molar-refractivity contribution in [1.82, 2.24) is 15.2 Å². The Kier molecular flexibility index (Phi) is 9.36. The first-order valence-corrected chi connectivity index (χ1v) is 10.1. The fourth-order valence-corrected chi connectivity index (χ4v) is 3.23. The van der Waals surface area contributed by atoms with Crippen molar-refractivity contribution in [2.45, 2.75) is 6.42 Å². The minimum atomic E-state index is -0.328. The first-order valence-electron chi connectivity index (χ1n) is 9.38. The fraction of sp³-hybridized carbons (Fsp3) is 0.381. The monoisotopic (exact) mass is 469 g/mol. The molecule has 0 radical (unpaired) electrons. The zero-order valence-corrected chi connectivity index (χ0v) is 19.3. The molecule has 0 fully saturated rings. The molecule has 168 valence electrons. The molecular weight excluding hydrogens is 445 g/mol. The summed E-state index contributed by atoms with van der Waals surface area (Å²) in [6.45, 7) is 0.856. The number of nitrogens with zero attached hydrogens (tertiary/aromatic N) is 2. The van der Waals surface area contributed by atoms with Crippen LogP contribution in [-0.4, -0.2) is 69.6 Å².